The minimum Gasteiger partial charge on any atom is -0.438 e. The molecular formula is C12H13N3O2. The van der Waals surface area contributed by atoms with Crippen molar-refractivity contribution in [3.8, 4) is 0 Å². The molecule has 0 atom stereocenters. The van der Waals surface area contributed by atoms with Gasteiger partial charge in [-0.25, -0.2) is 4.98 Å². The molecule has 1 aromatic heterocycles. The van der Waals surface area contributed by atoms with E-state index in [1.165, 1.54) is 12.6 Å². The monoisotopic (exact) mass is 231 g/mol. The first-order valence-electron chi connectivity index (χ1n) is 5.14. The fourth-order valence-corrected chi connectivity index (χ4v) is 1.36. The van der Waals surface area contributed by atoms with E-state index in [9.17, 15) is 4.79 Å². The van der Waals surface area contributed by atoms with Gasteiger partial charge >= 0.3 is 0 Å². The van der Waals surface area contributed by atoms with E-state index in [0.29, 0.717) is 0 Å². The second-order valence-electron chi connectivity index (χ2n) is 3.76. The molecule has 0 aliphatic carbocycles. The highest BCUT2D eigenvalue weighted by Crippen LogP contribution is 2.16. The van der Waals surface area contributed by atoms with Crippen LogP contribution in [-0.2, 0) is 0 Å². The maximum atomic E-state index is 11.6. The SMILES string of the molecule is CN(C)c1ccc(NC(=O)c2cnco2)cc1. The van der Waals surface area contributed by atoms with Gasteiger partial charge in [0, 0.05) is 25.5 Å². The van der Waals surface area contributed by atoms with Crippen LogP contribution in [0, 0.1) is 0 Å². The molecule has 0 aliphatic heterocycles. The summed E-state index contributed by atoms with van der Waals surface area (Å²) in [6, 6.07) is 7.53. The molecule has 1 heterocycles. The maximum Gasteiger partial charge on any atom is 0.293 e. The third-order valence-corrected chi connectivity index (χ3v) is 2.30. The second kappa shape index (κ2) is 4.69. The lowest BCUT2D eigenvalue weighted by molar-refractivity contribution is 0.0996. The number of amides is 1. The standard InChI is InChI=1S/C12H13N3O2/c1-15(2)10-5-3-9(4-6-10)14-12(16)11-7-13-8-17-11/h3-8H,1-2H3,(H,14,16). The Kier molecular flexibility index (Phi) is 3.09. The summed E-state index contributed by atoms with van der Waals surface area (Å²) in [4.78, 5) is 17.3. The van der Waals surface area contributed by atoms with E-state index in [2.05, 4.69) is 10.3 Å². The summed E-state index contributed by atoms with van der Waals surface area (Å²) in [5.41, 5.74) is 1.79. The molecule has 0 aliphatic rings. The van der Waals surface area contributed by atoms with Crippen molar-refractivity contribution in [1.29, 1.82) is 0 Å². The third kappa shape index (κ3) is 2.63. The Labute approximate surface area is 99.1 Å². The van der Waals surface area contributed by atoms with Crippen LogP contribution in [0.1, 0.15) is 10.6 Å². The summed E-state index contributed by atoms with van der Waals surface area (Å²) >= 11 is 0. The lowest BCUT2D eigenvalue weighted by Gasteiger charge is -2.12. The number of hydrogen-bond donors (Lipinski definition) is 1. The number of benzene rings is 1. The number of carbonyl (C=O) groups excluding carboxylic acids is 1. The minimum absolute atomic E-state index is 0.196. The molecular weight excluding hydrogens is 218 g/mol. The van der Waals surface area contributed by atoms with Crippen molar-refractivity contribution in [3.63, 3.8) is 0 Å². The number of carbonyl (C=O) groups is 1. The fourth-order valence-electron chi connectivity index (χ4n) is 1.36. The zero-order chi connectivity index (χ0) is 12.3. The Bertz CT molecular complexity index is 489. The van der Waals surface area contributed by atoms with Gasteiger partial charge in [-0.05, 0) is 24.3 Å². The molecule has 0 unspecified atom stereocenters. The van der Waals surface area contributed by atoms with Gasteiger partial charge in [0.2, 0.25) is 5.76 Å². The van der Waals surface area contributed by atoms with Gasteiger partial charge in [0.25, 0.3) is 5.91 Å². The molecule has 1 aromatic carbocycles. The molecule has 0 bridgehead atoms. The average Bonchev–Trinajstić information content (AvgIpc) is 2.83. The smallest absolute Gasteiger partial charge is 0.293 e. The van der Waals surface area contributed by atoms with Gasteiger partial charge in [0.15, 0.2) is 6.39 Å². The highest BCUT2D eigenvalue weighted by molar-refractivity contribution is 6.02. The Morgan fingerprint density at radius 2 is 2.00 bits per heavy atom. The Balaban J connectivity index is 2.07. The summed E-state index contributed by atoms with van der Waals surface area (Å²) in [6.07, 6.45) is 2.60. The number of hydrogen-bond acceptors (Lipinski definition) is 4. The van der Waals surface area contributed by atoms with Crippen LogP contribution < -0.4 is 10.2 Å². The zero-order valence-electron chi connectivity index (χ0n) is 9.68. The number of nitrogens with one attached hydrogen (secondary N) is 1. The van der Waals surface area contributed by atoms with E-state index in [1.807, 2.05) is 43.3 Å². The largest absolute Gasteiger partial charge is 0.438 e. The first-order valence-corrected chi connectivity index (χ1v) is 5.14. The van der Waals surface area contributed by atoms with Crippen LogP contribution in [0.25, 0.3) is 0 Å². The van der Waals surface area contributed by atoms with Crippen LogP contribution in [0.4, 0.5) is 11.4 Å². The molecule has 0 fully saturated rings. The predicted octanol–water partition coefficient (Wildman–Crippen LogP) is 1.99. The molecule has 0 saturated heterocycles. The minimum atomic E-state index is -0.305. The molecule has 5 heteroatoms. The summed E-state index contributed by atoms with van der Waals surface area (Å²) in [6.45, 7) is 0. The van der Waals surface area contributed by atoms with Crippen LogP contribution in [0.2, 0.25) is 0 Å². The van der Waals surface area contributed by atoms with Crippen molar-refractivity contribution < 1.29 is 9.21 Å². The predicted molar refractivity (Wildman–Crippen MR) is 65.2 cm³/mol. The molecule has 0 radical (unpaired) electrons. The van der Waals surface area contributed by atoms with Crippen LogP contribution in [0.5, 0.6) is 0 Å². The summed E-state index contributed by atoms with van der Waals surface area (Å²) < 4.78 is 4.90. The van der Waals surface area contributed by atoms with E-state index in [4.69, 9.17) is 4.42 Å². The molecule has 5 nitrogen and oxygen atoms in total. The van der Waals surface area contributed by atoms with Gasteiger partial charge in [-0.1, -0.05) is 0 Å². The van der Waals surface area contributed by atoms with Crippen molar-refractivity contribution in [2.75, 3.05) is 24.3 Å². The number of nitrogens with zero attached hydrogens (tertiary/aromatic N) is 2. The quantitative estimate of drug-likeness (QED) is 0.877. The van der Waals surface area contributed by atoms with E-state index in [1.54, 1.807) is 0 Å². The van der Waals surface area contributed by atoms with Gasteiger partial charge in [-0.15, -0.1) is 0 Å². The first-order chi connectivity index (χ1) is 8.16. The maximum absolute atomic E-state index is 11.6. The van der Waals surface area contributed by atoms with Crippen LogP contribution in [0.3, 0.4) is 0 Å². The molecule has 88 valence electrons. The van der Waals surface area contributed by atoms with E-state index in [0.717, 1.165) is 11.4 Å². The third-order valence-electron chi connectivity index (χ3n) is 2.30. The van der Waals surface area contributed by atoms with Crippen LogP contribution in [0.15, 0.2) is 41.3 Å². The molecule has 1 N–H and O–H groups in total. The van der Waals surface area contributed by atoms with Crippen molar-refractivity contribution in [1.82, 2.24) is 4.98 Å². The Hall–Kier alpha value is -2.30. The lowest BCUT2D eigenvalue weighted by Crippen LogP contribution is -2.11. The zero-order valence-corrected chi connectivity index (χ0v) is 9.68. The molecule has 1 amide bonds. The van der Waals surface area contributed by atoms with Crippen molar-refractivity contribution in [2.45, 2.75) is 0 Å². The van der Waals surface area contributed by atoms with Crippen molar-refractivity contribution in [2.24, 2.45) is 0 Å². The van der Waals surface area contributed by atoms with Gasteiger partial charge in [0.1, 0.15) is 0 Å². The van der Waals surface area contributed by atoms with Crippen molar-refractivity contribution >= 4 is 17.3 Å². The second-order valence-corrected chi connectivity index (χ2v) is 3.76. The van der Waals surface area contributed by atoms with Gasteiger partial charge in [-0.3, -0.25) is 4.79 Å². The van der Waals surface area contributed by atoms with E-state index in [-0.39, 0.29) is 11.7 Å². The normalized spacial score (nSPS) is 10.0. The van der Waals surface area contributed by atoms with Gasteiger partial charge in [-0.2, -0.15) is 0 Å². The summed E-state index contributed by atoms with van der Waals surface area (Å²) in [5.74, 6) is -0.109. The fraction of sp³-hybridized carbons (Fsp3) is 0.167. The molecule has 0 saturated carbocycles. The first kappa shape index (κ1) is 11.2. The lowest BCUT2D eigenvalue weighted by atomic mass is 10.2. The Morgan fingerprint density at radius 3 is 2.53 bits per heavy atom. The highest BCUT2D eigenvalue weighted by atomic mass is 16.3. The molecule has 17 heavy (non-hydrogen) atoms. The van der Waals surface area contributed by atoms with Crippen LogP contribution >= 0.6 is 0 Å². The van der Waals surface area contributed by atoms with E-state index >= 15 is 0 Å². The van der Waals surface area contributed by atoms with E-state index < -0.39 is 0 Å². The van der Waals surface area contributed by atoms with Crippen molar-refractivity contribution in [3.05, 3.63) is 42.6 Å². The molecule has 0 spiro atoms. The highest BCUT2D eigenvalue weighted by Gasteiger charge is 2.09. The van der Waals surface area contributed by atoms with Crippen LogP contribution in [-0.4, -0.2) is 25.0 Å². The number of rotatable bonds is 3. The number of oxazole rings is 1. The number of aromatic nitrogens is 1. The topological polar surface area (TPSA) is 58.4 Å². The Morgan fingerprint density at radius 1 is 1.29 bits per heavy atom. The van der Waals surface area contributed by atoms with Gasteiger partial charge in [0.05, 0.1) is 6.20 Å². The number of anilines is 2. The summed E-state index contributed by atoms with van der Waals surface area (Å²) in [7, 11) is 3.92. The average molecular weight is 231 g/mol. The summed E-state index contributed by atoms with van der Waals surface area (Å²) in [5, 5.41) is 2.72. The molecule has 2 rings (SSSR count). The molecule has 2 aromatic rings. The van der Waals surface area contributed by atoms with Gasteiger partial charge < -0.3 is 14.6 Å².